The van der Waals surface area contributed by atoms with Gasteiger partial charge in [-0.15, -0.1) is 0 Å². The van der Waals surface area contributed by atoms with Crippen LogP contribution in [0.2, 0.25) is 0 Å². The molecule has 11 heavy (non-hydrogen) atoms. The molecule has 0 spiro atoms. The zero-order chi connectivity index (χ0) is 8.69. The molecule has 0 aromatic rings. The number of rotatable bonds is 4. The van der Waals surface area contributed by atoms with Gasteiger partial charge in [-0.2, -0.15) is 0 Å². The van der Waals surface area contributed by atoms with Crippen LogP contribution in [-0.4, -0.2) is 41.4 Å². The van der Waals surface area contributed by atoms with Crippen LogP contribution in [0.3, 0.4) is 0 Å². The maximum absolute atomic E-state index is 11.0. The molecule has 0 bridgehead atoms. The van der Waals surface area contributed by atoms with Crippen molar-refractivity contribution in [3.05, 3.63) is 12.2 Å². The molecule has 0 aliphatic heterocycles. The van der Waals surface area contributed by atoms with Gasteiger partial charge in [0, 0.05) is 18.9 Å². The lowest BCUT2D eigenvalue weighted by atomic mass is 10.4. The second-order valence-electron chi connectivity index (χ2n) is 2.04. The van der Waals surface area contributed by atoms with Gasteiger partial charge in [-0.1, -0.05) is 22.0 Å². The monoisotopic (exact) mass is 221 g/mol. The summed E-state index contributed by atoms with van der Waals surface area (Å²) in [7, 11) is 1.65. The minimum Gasteiger partial charge on any atom is -0.395 e. The van der Waals surface area contributed by atoms with E-state index >= 15 is 0 Å². The van der Waals surface area contributed by atoms with Crippen molar-refractivity contribution in [2.75, 3.05) is 25.5 Å². The number of allylic oxidation sites excluding steroid dienone is 1. The Hall–Kier alpha value is -0.350. The Morgan fingerprint density at radius 1 is 1.73 bits per heavy atom. The minimum absolute atomic E-state index is 0.00436. The number of carbonyl (C=O) groups is 1. The highest BCUT2D eigenvalue weighted by atomic mass is 79.9. The predicted molar refractivity (Wildman–Crippen MR) is 47.7 cm³/mol. The minimum atomic E-state index is -0.0847. The summed E-state index contributed by atoms with van der Waals surface area (Å²) in [6.07, 6.45) is 3.20. The Bertz CT molecular complexity index is 147. The average molecular weight is 222 g/mol. The Kier molecular flexibility index (Phi) is 6.16. The Labute approximate surface area is 74.8 Å². The molecule has 0 saturated carbocycles. The van der Waals surface area contributed by atoms with Crippen LogP contribution in [0.4, 0.5) is 0 Å². The smallest absolute Gasteiger partial charge is 0.246 e. The fraction of sp³-hybridized carbons (Fsp3) is 0.571. The third kappa shape index (κ3) is 4.98. The molecule has 0 atom stereocenters. The number of amides is 1. The summed E-state index contributed by atoms with van der Waals surface area (Å²) >= 11 is 3.16. The molecule has 1 amide bonds. The lowest BCUT2D eigenvalue weighted by molar-refractivity contribution is -0.125. The molecular weight excluding hydrogens is 210 g/mol. The van der Waals surface area contributed by atoms with Crippen LogP contribution < -0.4 is 0 Å². The van der Waals surface area contributed by atoms with Crippen molar-refractivity contribution < 1.29 is 9.90 Å². The zero-order valence-electron chi connectivity index (χ0n) is 6.46. The van der Waals surface area contributed by atoms with E-state index in [4.69, 9.17) is 5.11 Å². The number of hydrogen-bond acceptors (Lipinski definition) is 2. The molecule has 64 valence electrons. The van der Waals surface area contributed by atoms with Crippen molar-refractivity contribution in [1.82, 2.24) is 4.90 Å². The van der Waals surface area contributed by atoms with Crippen LogP contribution in [0.15, 0.2) is 12.2 Å². The van der Waals surface area contributed by atoms with Crippen LogP contribution in [0, 0.1) is 0 Å². The Balaban J connectivity index is 3.72. The summed E-state index contributed by atoms with van der Waals surface area (Å²) in [5, 5.41) is 9.16. The first-order valence-electron chi connectivity index (χ1n) is 3.30. The molecule has 0 aromatic heterocycles. The topological polar surface area (TPSA) is 40.5 Å². The van der Waals surface area contributed by atoms with E-state index in [2.05, 4.69) is 15.9 Å². The summed E-state index contributed by atoms with van der Waals surface area (Å²) in [6.45, 7) is 0.385. The fourth-order valence-corrected chi connectivity index (χ4v) is 0.720. The van der Waals surface area contributed by atoms with Crippen molar-refractivity contribution >= 4 is 21.8 Å². The highest BCUT2D eigenvalue weighted by Gasteiger charge is 2.01. The number of nitrogens with zero attached hydrogens (tertiary/aromatic N) is 1. The van der Waals surface area contributed by atoms with Crippen LogP contribution in [-0.2, 0) is 4.79 Å². The highest BCUT2D eigenvalue weighted by Crippen LogP contribution is 1.88. The van der Waals surface area contributed by atoms with Gasteiger partial charge in [0.05, 0.1) is 6.61 Å². The number of alkyl halides is 1. The fourth-order valence-electron chi connectivity index (χ4n) is 0.533. The van der Waals surface area contributed by atoms with E-state index in [1.54, 1.807) is 13.1 Å². The lowest BCUT2D eigenvalue weighted by Crippen LogP contribution is -2.27. The lowest BCUT2D eigenvalue weighted by Gasteiger charge is -2.12. The van der Waals surface area contributed by atoms with Crippen molar-refractivity contribution in [2.24, 2.45) is 0 Å². The summed E-state index contributed by atoms with van der Waals surface area (Å²) in [5.41, 5.74) is 0. The molecule has 0 heterocycles. The van der Waals surface area contributed by atoms with Crippen molar-refractivity contribution in [3.63, 3.8) is 0 Å². The average Bonchev–Trinajstić information content (AvgIpc) is 2.00. The number of aliphatic hydroxyl groups is 1. The zero-order valence-corrected chi connectivity index (χ0v) is 8.04. The van der Waals surface area contributed by atoms with E-state index in [9.17, 15) is 4.79 Å². The number of aliphatic hydroxyl groups excluding tert-OH is 1. The van der Waals surface area contributed by atoms with Gasteiger partial charge in [-0.3, -0.25) is 4.79 Å². The van der Waals surface area contributed by atoms with Gasteiger partial charge in [0.2, 0.25) is 5.91 Å². The van der Waals surface area contributed by atoms with Gasteiger partial charge in [-0.05, 0) is 6.08 Å². The Morgan fingerprint density at radius 3 is 2.82 bits per heavy atom. The summed E-state index contributed by atoms with van der Waals surface area (Å²) in [5.74, 6) is -0.0847. The van der Waals surface area contributed by atoms with Crippen molar-refractivity contribution in [3.8, 4) is 0 Å². The maximum Gasteiger partial charge on any atom is 0.246 e. The van der Waals surface area contributed by atoms with E-state index in [1.165, 1.54) is 11.0 Å². The second-order valence-corrected chi connectivity index (χ2v) is 2.69. The van der Waals surface area contributed by atoms with Crippen molar-refractivity contribution in [2.45, 2.75) is 0 Å². The van der Waals surface area contributed by atoms with Crippen LogP contribution in [0.5, 0.6) is 0 Å². The van der Waals surface area contributed by atoms with Crippen LogP contribution in [0.25, 0.3) is 0 Å². The van der Waals surface area contributed by atoms with Gasteiger partial charge in [0.15, 0.2) is 0 Å². The third-order valence-electron chi connectivity index (χ3n) is 1.16. The molecule has 0 aromatic carbocycles. The molecule has 0 aliphatic carbocycles. The van der Waals surface area contributed by atoms with Crippen molar-refractivity contribution in [1.29, 1.82) is 0 Å². The molecule has 0 rings (SSSR count). The summed E-state index contributed by atoms with van der Waals surface area (Å²) in [6, 6.07) is 0. The molecular formula is C7H12BrNO2. The molecule has 4 heteroatoms. The maximum atomic E-state index is 11.0. The van der Waals surface area contributed by atoms with Gasteiger partial charge in [0.25, 0.3) is 0 Å². The normalized spacial score (nSPS) is 10.5. The first-order valence-corrected chi connectivity index (χ1v) is 4.43. The molecule has 0 saturated heterocycles. The summed E-state index contributed by atoms with van der Waals surface area (Å²) in [4.78, 5) is 12.5. The summed E-state index contributed by atoms with van der Waals surface area (Å²) < 4.78 is 0. The van der Waals surface area contributed by atoms with E-state index in [-0.39, 0.29) is 12.5 Å². The Morgan fingerprint density at radius 2 is 2.36 bits per heavy atom. The van der Waals surface area contributed by atoms with E-state index in [0.717, 1.165) is 0 Å². The van der Waals surface area contributed by atoms with E-state index in [0.29, 0.717) is 11.9 Å². The number of carbonyl (C=O) groups excluding carboxylic acids is 1. The predicted octanol–water partition coefficient (Wildman–Crippen LogP) is 0.388. The van der Waals surface area contributed by atoms with Crippen LogP contribution in [0.1, 0.15) is 0 Å². The molecule has 0 unspecified atom stereocenters. The van der Waals surface area contributed by atoms with Gasteiger partial charge >= 0.3 is 0 Å². The van der Waals surface area contributed by atoms with Gasteiger partial charge < -0.3 is 10.0 Å². The molecule has 0 aliphatic rings. The molecule has 0 fully saturated rings. The largest absolute Gasteiger partial charge is 0.395 e. The first kappa shape index (κ1) is 10.7. The second kappa shape index (κ2) is 6.37. The number of hydrogen-bond donors (Lipinski definition) is 1. The van der Waals surface area contributed by atoms with Gasteiger partial charge in [-0.25, -0.2) is 0 Å². The number of likely N-dealkylation sites (N-methyl/N-ethyl adjacent to an activating group) is 1. The van der Waals surface area contributed by atoms with Crippen LogP contribution >= 0.6 is 15.9 Å². The number of halogens is 1. The van der Waals surface area contributed by atoms with Gasteiger partial charge in [0.1, 0.15) is 0 Å². The molecule has 3 nitrogen and oxygen atoms in total. The van der Waals surface area contributed by atoms with E-state index < -0.39 is 0 Å². The molecule has 0 radical (unpaired) electrons. The standard InChI is InChI=1S/C7H12BrNO2/c1-9(5-6-10)7(11)3-2-4-8/h2-3,10H,4-6H2,1H3. The first-order chi connectivity index (χ1) is 5.22. The quantitative estimate of drug-likeness (QED) is 0.552. The SMILES string of the molecule is CN(CCO)C(=O)C=CCBr. The third-order valence-corrected chi connectivity index (χ3v) is 1.53. The highest BCUT2D eigenvalue weighted by molar-refractivity contribution is 9.09. The van der Waals surface area contributed by atoms with E-state index in [1.807, 2.05) is 0 Å². The molecule has 1 N–H and O–H groups in total.